The van der Waals surface area contributed by atoms with Crippen molar-refractivity contribution < 1.29 is 14.7 Å². The monoisotopic (exact) mass is 575 g/mol. The van der Waals surface area contributed by atoms with Gasteiger partial charge in [-0.1, -0.05) is 63.5 Å². The van der Waals surface area contributed by atoms with Gasteiger partial charge in [-0.25, -0.2) is 0 Å². The summed E-state index contributed by atoms with van der Waals surface area (Å²) >= 11 is 0. The average molecular weight is 576 g/mol. The van der Waals surface area contributed by atoms with Crippen molar-refractivity contribution in [1.82, 2.24) is 0 Å². The molecule has 0 spiro atoms. The molecule has 1 amide bonds. The van der Waals surface area contributed by atoms with Crippen LogP contribution in [-0.4, -0.2) is 29.4 Å². The van der Waals surface area contributed by atoms with Crippen molar-refractivity contribution in [3.63, 3.8) is 0 Å². The van der Waals surface area contributed by atoms with E-state index >= 15 is 0 Å². The Morgan fingerprint density at radius 3 is 2.35 bits per heavy atom. The third kappa shape index (κ3) is 4.91. The van der Waals surface area contributed by atoms with Crippen LogP contribution >= 0.6 is 0 Å². The van der Waals surface area contributed by atoms with E-state index < -0.39 is 5.60 Å². The molecule has 5 atom stereocenters. The largest absolute Gasteiger partial charge is 0.377 e. The Morgan fingerprint density at radius 1 is 1.00 bits per heavy atom. The van der Waals surface area contributed by atoms with Gasteiger partial charge in [0.15, 0.2) is 5.78 Å². The van der Waals surface area contributed by atoms with Crippen LogP contribution in [0.2, 0.25) is 0 Å². The fraction of sp³-hybridized carbons (Fsp3) is 0.487. The topological polar surface area (TPSA) is 57.6 Å². The van der Waals surface area contributed by atoms with E-state index in [1.807, 2.05) is 44.3 Å². The molecule has 4 aliphatic carbocycles. The van der Waals surface area contributed by atoms with Gasteiger partial charge in [0.1, 0.15) is 5.60 Å². The molecule has 43 heavy (non-hydrogen) atoms. The molecule has 0 aliphatic heterocycles. The van der Waals surface area contributed by atoms with Gasteiger partial charge in [0.05, 0.1) is 0 Å². The van der Waals surface area contributed by atoms with Gasteiger partial charge in [-0.05, 0) is 115 Å². The van der Waals surface area contributed by atoms with E-state index in [0.717, 1.165) is 37.8 Å². The van der Waals surface area contributed by atoms with Crippen molar-refractivity contribution in [1.29, 1.82) is 0 Å². The first-order valence-corrected chi connectivity index (χ1v) is 16.0. The molecule has 0 heterocycles. The Hall–Kier alpha value is -3.42. The highest BCUT2D eigenvalue weighted by Gasteiger charge is 2.62. The zero-order chi connectivity index (χ0) is 30.7. The Morgan fingerprint density at radius 2 is 1.70 bits per heavy atom. The molecular weight excluding hydrogens is 530 g/mol. The molecule has 2 saturated carbocycles. The molecule has 2 aromatic carbocycles. The smallest absolute Gasteiger partial charge is 0.258 e. The number of rotatable bonds is 3. The van der Waals surface area contributed by atoms with Crippen LogP contribution in [0.5, 0.6) is 0 Å². The van der Waals surface area contributed by atoms with Crippen LogP contribution in [0, 0.1) is 29.1 Å². The molecule has 1 N–H and O–H groups in total. The second-order valence-electron chi connectivity index (χ2n) is 14.6. The molecule has 4 nitrogen and oxygen atoms in total. The molecule has 6 rings (SSSR count). The summed E-state index contributed by atoms with van der Waals surface area (Å²) in [6.07, 6.45) is 7.78. The van der Waals surface area contributed by atoms with Crippen molar-refractivity contribution in [3.05, 3.63) is 88.0 Å². The van der Waals surface area contributed by atoms with Crippen molar-refractivity contribution in [2.75, 3.05) is 11.9 Å². The summed E-state index contributed by atoms with van der Waals surface area (Å²) in [5.41, 5.74) is 6.80. The SMILES string of the molecule is CC#C[C@]1(O)CC[C@H]2[C@@H]3CCC4=CC(=O)CCC4=C3[C@@H](c3ccc(N(C)C(=O)c4ccc(C(C)(C)C)cc4)cc3)C[C@@]21C. The highest BCUT2D eigenvalue weighted by Crippen LogP contribution is 2.66. The van der Waals surface area contributed by atoms with E-state index in [9.17, 15) is 14.7 Å². The molecule has 2 fully saturated rings. The lowest BCUT2D eigenvalue weighted by atomic mass is 9.51. The molecule has 0 aromatic heterocycles. The molecule has 4 heteroatoms. The van der Waals surface area contributed by atoms with E-state index in [1.54, 1.807) is 4.90 Å². The van der Waals surface area contributed by atoms with Crippen LogP contribution in [0.25, 0.3) is 0 Å². The van der Waals surface area contributed by atoms with Crippen LogP contribution in [0.15, 0.2) is 71.3 Å². The highest BCUT2D eigenvalue weighted by atomic mass is 16.3. The number of ketones is 1. The van der Waals surface area contributed by atoms with E-state index in [0.29, 0.717) is 30.2 Å². The Kier molecular flexibility index (Phi) is 7.33. The zero-order valence-corrected chi connectivity index (χ0v) is 26.6. The fourth-order valence-corrected chi connectivity index (χ4v) is 8.73. The van der Waals surface area contributed by atoms with Crippen molar-refractivity contribution >= 4 is 17.4 Å². The molecule has 224 valence electrons. The van der Waals surface area contributed by atoms with Crippen molar-refractivity contribution in [2.45, 2.75) is 96.5 Å². The van der Waals surface area contributed by atoms with Gasteiger partial charge < -0.3 is 10.0 Å². The van der Waals surface area contributed by atoms with Crippen molar-refractivity contribution in [2.24, 2.45) is 17.3 Å². The molecular formula is C39H45NO3. The number of benzene rings is 2. The van der Waals surface area contributed by atoms with E-state index in [1.165, 1.54) is 27.8 Å². The Bertz CT molecular complexity index is 1580. The molecule has 0 bridgehead atoms. The second-order valence-corrected chi connectivity index (χ2v) is 14.6. The average Bonchev–Trinajstić information content (AvgIpc) is 3.25. The lowest BCUT2D eigenvalue weighted by molar-refractivity contribution is -0.114. The summed E-state index contributed by atoms with van der Waals surface area (Å²) in [6, 6.07) is 16.4. The number of carbonyl (C=O) groups excluding carboxylic acids is 2. The van der Waals surface area contributed by atoms with Gasteiger partial charge >= 0.3 is 0 Å². The van der Waals surface area contributed by atoms with Gasteiger partial charge in [-0.3, -0.25) is 9.59 Å². The number of amides is 1. The van der Waals surface area contributed by atoms with Crippen LogP contribution < -0.4 is 4.90 Å². The minimum absolute atomic E-state index is 0.0330. The van der Waals surface area contributed by atoms with E-state index in [2.05, 4.69) is 63.8 Å². The maximum atomic E-state index is 13.4. The van der Waals surface area contributed by atoms with E-state index in [-0.39, 0.29) is 28.4 Å². The number of carbonyl (C=O) groups is 2. The summed E-state index contributed by atoms with van der Waals surface area (Å²) < 4.78 is 0. The first kappa shape index (κ1) is 29.6. The van der Waals surface area contributed by atoms with Gasteiger partial charge in [-0.2, -0.15) is 0 Å². The number of anilines is 1. The molecule has 0 unspecified atom stereocenters. The Labute approximate surface area is 257 Å². The minimum Gasteiger partial charge on any atom is -0.377 e. The highest BCUT2D eigenvalue weighted by molar-refractivity contribution is 6.05. The molecule has 4 aliphatic rings. The number of hydrogen-bond acceptors (Lipinski definition) is 3. The maximum absolute atomic E-state index is 13.4. The summed E-state index contributed by atoms with van der Waals surface area (Å²) in [6.45, 7) is 10.6. The maximum Gasteiger partial charge on any atom is 0.258 e. The van der Waals surface area contributed by atoms with E-state index in [4.69, 9.17) is 0 Å². The summed E-state index contributed by atoms with van der Waals surface area (Å²) in [5, 5.41) is 11.9. The lowest BCUT2D eigenvalue weighted by Gasteiger charge is -2.53. The van der Waals surface area contributed by atoms with Crippen LogP contribution in [-0.2, 0) is 10.2 Å². The van der Waals surface area contributed by atoms with Crippen molar-refractivity contribution in [3.8, 4) is 11.8 Å². The first-order chi connectivity index (χ1) is 20.4. The van der Waals surface area contributed by atoms with Gasteiger partial charge in [0.25, 0.3) is 5.91 Å². The number of fused-ring (bicyclic) bond motifs is 4. The quantitative estimate of drug-likeness (QED) is 0.378. The predicted octanol–water partition coefficient (Wildman–Crippen LogP) is 7.91. The zero-order valence-electron chi connectivity index (χ0n) is 26.6. The summed E-state index contributed by atoms with van der Waals surface area (Å²) in [4.78, 5) is 27.5. The Balaban J connectivity index is 1.35. The fourth-order valence-electron chi connectivity index (χ4n) is 8.73. The molecule has 0 radical (unpaired) electrons. The third-order valence-corrected chi connectivity index (χ3v) is 11.2. The number of aliphatic hydroxyl groups is 1. The lowest BCUT2D eigenvalue weighted by Crippen LogP contribution is -2.51. The predicted molar refractivity (Wildman–Crippen MR) is 173 cm³/mol. The summed E-state index contributed by atoms with van der Waals surface area (Å²) in [5.74, 6) is 7.40. The molecule has 0 saturated heterocycles. The normalized spacial score (nSPS) is 30.0. The number of allylic oxidation sites excluding steroid dienone is 4. The van der Waals surface area contributed by atoms with Gasteiger partial charge in [0.2, 0.25) is 0 Å². The second kappa shape index (κ2) is 10.6. The standard InChI is InChI=1S/C39H45NO3/c1-7-21-39(43)22-20-34-32-18-12-27-23-30(41)17-19-31(27)35(32)33(24-38(34,39)5)25-10-15-29(16-11-25)40(6)36(42)26-8-13-28(14-9-26)37(2,3)4/h8-11,13-16,23,32-34,43H,12,17-20,22,24H2,1-6H3/t32-,33+,34-,38-,39-/m0/s1. The van der Waals surface area contributed by atoms with Crippen LogP contribution in [0.4, 0.5) is 5.69 Å². The van der Waals surface area contributed by atoms with Gasteiger partial charge in [-0.15, -0.1) is 5.92 Å². The summed E-state index contributed by atoms with van der Waals surface area (Å²) in [7, 11) is 1.83. The number of nitrogens with zero attached hydrogens (tertiary/aromatic N) is 1. The molecule has 2 aromatic rings. The minimum atomic E-state index is -0.991. The van der Waals surface area contributed by atoms with Gasteiger partial charge in [0, 0.05) is 36.1 Å². The third-order valence-electron chi connectivity index (χ3n) is 11.2. The van der Waals surface area contributed by atoms with Crippen LogP contribution in [0.3, 0.4) is 0 Å². The van der Waals surface area contributed by atoms with Crippen LogP contribution in [0.1, 0.15) is 107 Å². The number of hydrogen-bond donors (Lipinski definition) is 1. The first-order valence-electron chi connectivity index (χ1n) is 16.0.